The van der Waals surface area contributed by atoms with Crippen molar-refractivity contribution in [1.29, 1.82) is 0 Å². The summed E-state index contributed by atoms with van der Waals surface area (Å²) < 4.78 is 2.31. The Labute approximate surface area is 83.6 Å². The van der Waals surface area contributed by atoms with Gasteiger partial charge < -0.3 is 10.3 Å². The third kappa shape index (κ3) is 1.28. The van der Waals surface area contributed by atoms with Crippen LogP contribution >= 0.6 is 0 Å². The van der Waals surface area contributed by atoms with Gasteiger partial charge in [0.2, 0.25) is 0 Å². The first-order valence-corrected chi connectivity index (χ1v) is 5.31. The standard InChI is InChI=1S/C11H15N3/c12-9-2-1-8(5-9)11-6-13-7-14(11)10-3-4-10/h1,6-7,9-10H,2-5,12H2. The zero-order valence-corrected chi connectivity index (χ0v) is 8.19. The van der Waals surface area contributed by atoms with E-state index < -0.39 is 0 Å². The summed E-state index contributed by atoms with van der Waals surface area (Å²) in [5.74, 6) is 0. The summed E-state index contributed by atoms with van der Waals surface area (Å²) in [6.45, 7) is 0. The van der Waals surface area contributed by atoms with Crippen molar-refractivity contribution in [2.24, 2.45) is 5.73 Å². The van der Waals surface area contributed by atoms with Crippen molar-refractivity contribution in [2.45, 2.75) is 37.8 Å². The average molecular weight is 189 g/mol. The highest BCUT2D eigenvalue weighted by Gasteiger charge is 2.27. The molecule has 1 aromatic rings. The van der Waals surface area contributed by atoms with Gasteiger partial charge in [-0.3, -0.25) is 0 Å². The summed E-state index contributed by atoms with van der Waals surface area (Å²) in [6, 6.07) is 1.04. The van der Waals surface area contributed by atoms with Crippen LogP contribution < -0.4 is 5.73 Å². The zero-order chi connectivity index (χ0) is 9.54. The number of hydrogen-bond acceptors (Lipinski definition) is 2. The van der Waals surface area contributed by atoms with E-state index >= 15 is 0 Å². The number of imidazole rings is 1. The Kier molecular flexibility index (Phi) is 1.74. The lowest BCUT2D eigenvalue weighted by molar-refractivity contribution is 0.713. The van der Waals surface area contributed by atoms with Gasteiger partial charge in [-0.05, 0) is 31.3 Å². The minimum absolute atomic E-state index is 0.326. The fourth-order valence-electron chi connectivity index (χ4n) is 2.15. The summed E-state index contributed by atoms with van der Waals surface area (Å²) in [6.07, 6.45) is 10.8. The third-order valence-corrected chi connectivity index (χ3v) is 3.08. The summed E-state index contributed by atoms with van der Waals surface area (Å²) in [4.78, 5) is 4.23. The average Bonchev–Trinajstić information content (AvgIpc) is 2.75. The molecule has 1 saturated carbocycles. The predicted octanol–water partition coefficient (Wildman–Crippen LogP) is 1.72. The van der Waals surface area contributed by atoms with Gasteiger partial charge in [-0.15, -0.1) is 0 Å². The van der Waals surface area contributed by atoms with Gasteiger partial charge in [-0.1, -0.05) is 6.08 Å². The van der Waals surface area contributed by atoms with E-state index in [0.717, 1.165) is 12.8 Å². The van der Waals surface area contributed by atoms with Crippen molar-refractivity contribution in [3.05, 3.63) is 24.3 Å². The van der Waals surface area contributed by atoms with Crippen LogP contribution in [-0.4, -0.2) is 15.6 Å². The molecule has 0 aliphatic heterocycles. The van der Waals surface area contributed by atoms with Crippen LogP contribution in [0.3, 0.4) is 0 Å². The maximum absolute atomic E-state index is 5.89. The van der Waals surface area contributed by atoms with Crippen LogP contribution in [0.1, 0.15) is 37.4 Å². The molecule has 74 valence electrons. The molecule has 1 unspecified atom stereocenters. The van der Waals surface area contributed by atoms with E-state index in [2.05, 4.69) is 15.6 Å². The van der Waals surface area contributed by atoms with Crippen LogP contribution in [0.5, 0.6) is 0 Å². The highest BCUT2D eigenvalue weighted by atomic mass is 15.1. The van der Waals surface area contributed by atoms with E-state index in [4.69, 9.17) is 5.73 Å². The molecule has 1 fully saturated rings. The van der Waals surface area contributed by atoms with Crippen LogP contribution in [0.15, 0.2) is 18.6 Å². The second kappa shape index (κ2) is 2.95. The number of rotatable bonds is 2. The Morgan fingerprint density at radius 1 is 1.43 bits per heavy atom. The first-order chi connectivity index (χ1) is 6.84. The Hall–Kier alpha value is -1.09. The molecule has 1 heterocycles. The molecule has 0 radical (unpaired) electrons. The first kappa shape index (κ1) is 8.24. The molecule has 1 atom stereocenters. The Morgan fingerprint density at radius 2 is 2.29 bits per heavy atom. The van der Waals surface area contributed by atoms with Gasteiger partial charge in [-0.2, -0.15) is 0 Å². The fraction of sp³-hybridized carbons (Fsp3) is 0.545. The van der Waals surface area contributed by atoms with Gasteiger partial charge in [0.1, 0.15) is 0 Å². The van der Waals surface area contributed by atoms with Crippen LogP contribution in [0.4, 0.5) is 0 Å². The Bertz CT molecular complexity index is 374. The Morgan fingerprint density at radius 3 is 2.93 bits per heavy atom. The SMILES string of the molecule is NC1CC=C(c2cncn2C2CC2)C1. The highest BCUT2D eigenvalue weighted by Crippen LogP contribution is 2.38. The largest absolute Gasteiger partial charge is 0.328 e. The van der Waals surface area contributed by atoms with Gasteiger partial charge in [0.25, 0.3) is 0 Å². The molecule has 2 aliphatic carbocycles. The smallest absolute Gasteiger partial charge is 0.0953 e. The van der Waals surface area contributed by atoms with Crippen molar-refractivity contribution in [3.8, 4) is 0 Å². The van der Waals surface area contributed by atoms with Gasteiger partial charge in [0, 0.05) is 12.1 Å². The molecule has 14 heavy (non-hydrogen) atoms. The normalized spacial score (nSPS) is 26.6. The van der Waals surface area contributed by atoms with E-state index in [1.807, 2.05) is 12.5 Å². The van der Waals surface area contributed by atoms with E-state index in [-0.39, 0.29) is 0 Å². The van der Waals surface area contributed by atoms with Crippen molar-refractivity contribution in [1.82, 2.24) is 9.55 Å². The van der Waals surface area contributed by atoms with E-state index in [1.165, 1.54) is 24.1 Å². The lowest BCUT2D eigenvalue weighted by Crippen LogP contribution is -2.15. The van der Waals surface area contributed by atoms with E-state index in [1.54, 1.807) is 0 Å². The maximum Gasteiger partial charge on any atom is 0.0953 e. The zero-order valence-electron chi connectivity index (χ0n) is 8.19. The van der Waals surface area contributed by atoms with Crippen LogP contribution in [0.2, 0.25) is 0 Å². The molecule has 3 heteroatoms. The fourth-order valence-corrected chi connectivity index (χ4v) is 2.15. The number of nitrogens with two attached hydrogens (primary N) is 1. The predicted molar refractivity (Wildman–Crippen MR) is 55.7 cm³/mol. The lowest BCUT2D eigenvalue weighted by atomic mass is 10.1. The molecule has 3 nitrogen and oxygen atoms in total. The lowest BCUT2D eigenvalue weighted by Gasteiger charge is -2.07. The van der Waals surface area contributed by atoms with Crippen LogP contribution in [-0.2, 0) is 0 Å². The molecule has 0 bridgehead atoms. The molecular weight excluding hydrogens is 174 g/mol. The molecule has 2 aliphatic rings. The molecular formula is C11H15N3. The third-order valence-electron chi connectivity index (χ3n) is 3.08. The summed E-state index contributed by atoms with van der Waals surface area (Å²) in [7, 11) is 0. The molecule has 0 aromatic carbocycles. The summed E-state index contributed by atoms with van der Waals surface area (Å²) in [5, 5.41) is 0. The molecule has 0 amide bonds. The van der Waals surface area contributed by atoms with Gasteiger partial charge in [0.15, 0.2) is 0 Å². The van der Waals surface area contributed by atoms with Gasteiger partial charge >= 0.3 is 0 Å². The second-order valence-electron chi connectivity index (χ2n) is 4.35. The Balaban J connectivity index is 1.91. The first-order valence-electron chi connectivity index (χ1n) is 5.31. The van der Waals surface area contributed by atoms with Gasteiger partial charge in [-0.25, -0.2) is 4.98 Å². The quantitative estimate of drug-likeness (QED) is 0.769. The van der Waals surface area contributed by atoms with Crippen molar-refractivity contribution in [3.63, 3.8) is 0 Å². The van der Waals surface area contributed by atoms with Crippen molar-refractivity contribution < 1.29 is 0 Å². The second-order valence-corrected chi connectivity index (χ2v) is 4.35. The summed E-state index contributed by atoms with van der Waals surface area (Å²) >= 11 is 0. The van der Waals surface area contributed by atoms with E-state index in [9.17, 15) is 0 Å². The summed E-state index contributed by atoms with van der Waals surface area (Å²) in [5.41, 5.74) is 8.57. The molecule has 1 aromatic heterocycles. The number of nitrogens with zero attached hydrogens (tertiary/aromatic N) is 2. The minimum Gasteiger partial charge on any atom is -0.328 e. The molecule has 3 rings (SSSR count). The van der Waals surface area contributed by atoms with Gasteiger partial charge in [0.05, 0.1) is 18.2 Å². The number of aromatic nitrogens is 2. The van der Waals surface area contributed by atoms with Crippen LogP contribution in [0, 0.1) is 0 Å². The molecule has 0 saturated heterocycles. The minimum atomic E-state index is 0.326. The van der Waals surface area contributed by atoms with E-state index in [0.29, 0.717) is 12.1 Å². The maximum atomic E-state index is 5.89. The van der Waals surface area contributed by atoms with Crippen LogP contribution in [0.25, 0.3) is 5.57 Å². The van der Waals surface area contributed by atoms with Crippen molar-refractivity contribution >= 4 is 5.57 Å². The van der Waals surface area contributed by atoms with Crippen molar-refractivity contribution in [2.75, 3.05) is 0 Å². The molecule has 2 N–H and O–H groups in total. The monoisotopic (exact) mass is 189 g/mol. The number of hydrogen-bond donors (Lipinski definition) is 1. The molecule has 0 spiro atoms. The topological polar surface area (TPSA) is 43.8 Å². The highest BCUT2D eigenvalue weighted by molar-refractivity contribution is 5.65.